The number of nitrogens with one attached hydrogen (secondary N) is 2. The van der Waals surface area contributed by atoms with Crippen LogP contribution in [-0.4, -0.2) is 26.0 Å². The highest BCUT2D eigenvalue weighted by atomic mass is 32.1. The standard InChI is InChI=1S/C32H28N2O5S/c1-37-22-12-9-19(10-13-22)21-16-25-30(26(35)17-21)31(34-24-7-4-3-6-23(24)33-25)20-11-14-27(28(18-20)38-2)39-32(36)29-8-5-15-40-29/h3-15,18,21,31,33-34H,16-17H2,1-2H3. The van der Waals surface area contributed by atoms with Crippen molar-refractivity contribution in [2.45, 2.75) is 24.8 Å². The molecule has 0 radical (unpaired) electrons. The van der Waals surface area contributed by atoms with Crippen molar-refractivity contribution in [2.24, 2.45) is 0 Å². The Morgan fingerprint density at radius 2 is 1.62 bits per heavy atom. The third-order valence-corrected chi connectivity index (χ3v) is 8.19. The smallest absolute Gasteiger partial charge is 0.353 e. The Bertz CT molecular complexity index is 1590. The van der Waals surface area contributed by atoms with Gasteiger partial charge in [0.2, 0.25) is 0 Å². The van der Waals surface area contributed by atoms with E-state index >= 15 is 0 Å². The van der Waals surface area contributed by atoms with Gasteiger partial charge in [0.25, 0.3) is 0 Å². The van der Waals surface area contributed by atoms with E-state index in [0.29, 0.717) is 34.8 Å². The minimum atomic E-state index is -0.441. The Morgan fingerprint density at radius 1 is 0.850 bits per heavy atom. The Kier molecular flexibility index (Phi) is 7.00. The van der Waals surface area contributed by atoms with Gasteiger partial charge in [-0.1, -0.05) is 36.4 Å². The Labute approximate surface area is 236 Å². The lowest BCUT2D eigenvalue weighted by Gasteiger charge is -2.30. The fourth-order valence-corrected chi connectivity index (χ4v) is 5.95. The summed E-state index contributed by atoms with van der Waals surface area (Å²) >= 11 is 1.32. The number of hydrogen-bond acceptors (Lipinski definition) is 8. The minimum absolute atomic E-state index is 0.0455. The van der Waals surface area contributed by atoms with Crippen molar-refractivity contribution in [3.63, 3.8) is 0 Å². The van der Waals surface area contributed by atoms with E-state index in [0.717, 1.165) is 33.9 Å². The van der Waals surface area contributed by atoms with Crippen LogP contribution in [0.2, 0.25) is 0 Å². The average Bonchev–Trinajstić information content (AvgIpc) is 3.47. The number of ketones is 1. The highest BCUT2D eigenvalue weighted by Gasteiger charge is 2.36. The highest BCUT2D eigenvalue weighted by Crippen LogP contribution is 2.45. The molecule has 1 aromatic heterocycles. The molecule has 0 saturated heterocycles. The lowest BCUT2D eigenvalue weighted by Crippen LogP contribution is -2.27. The molecule has 2 unspecified atom stereocenters. The maximum absolute atomic E-state index is 13.9. The first-order valence-electron chi connectivity index (χ1n) is 13.0. The van der Waals surface area contributed by atoms with Gasteiger partial charge < -0.3 is 24.8 Å². The number of ether oxygens (including phenoxy) is 3. The van der Waals surface area contributed by atoms with Crippen molar-refractivity contribution in [1.29, 1.82) is 0 Å². The third kappa shape index (κ3) is 4.94. The van der Waals surface area contributed by atoms with Gasteiger partial charge in [-0.3, -0.25) is 4.79 Å². The highest BCUT2D eigenvalue weighted by molar-refractivity contribution is 7.12. The Balaban J connectivity index is 1.37. The second-order valence-electron chi connectivity index (χ2n) is 9.72. The van der Waals surface area contributed by atoms with E-state index in [9.17, 15) is 9.59 Å². The number of Topliss-reactive ketones (excluding diaryl/α,β-unsaturated/α-hetero) is 1. The molecule has 8 heteroatoms. The van der Waals surface area contributed by atoms with E-state index in [4.69, 9.17) is 14.2 Å². The summed E-state index contributed by atoms with van der Waals surface area (Å²) in [6.07, 6.45) is 1.09. The number of carbonyl (C=O) groups excluding carboxylic acids is 2. The summed E-state index contributed by atoms with van der Waals surface area (Å²) in [5, 5.41) is 8.98. The molecule has 0 spiro atoms. The van der Waals surface area contributed by atoms with Crippen LogP contribution in [0.25, 0.3) is 0 Å². The summed E-state index contributed by atoms with van der Waals surface area (Å²) in [6.45, 7) is 0. The van der Waals surface area contributed by atoms with Crippen LogP contribution in [0.4, 0.5) is 11.4 Å². The number of hydrogen-bond donors (Lipinski definition) is 2. The average molecular weight is 553 g/mol. The largest absolute Gasteiger partial charge is 0.497 e. The van der Waals surface area contributed by atoms with E-state index in [1.807, 2.05) is 66.0 Å². The molecular weight excluding hydrogens is 524 g/mol. The molecule has 3 aromatic carbocycles. The summed E-state index contributed by atoms with van der Waals surface area (Å²) in [4.78, 5) is 26.9. The number of rotatable bonds is 6. The molecule has 0 amide bonds. The van der Waals surface area contributed by atoms with Gasteiger partial charge in [0, 0.05) is 17.7 Å². The van der Waals surface area contributed by atoms with Gasteiger partial charge in [0.05, 0.1) is 31.6 Å². The molecule has 2 aliphatic rings. The molecule has 202 valence electrons. The quantitative estimate of drug-likeness (QED) is 0.197. The maximum Gasteiger partial charge on any atom is 0.353 e. The van der Waals surface area contributed by atoms with Gasteiger partial charge in [0.15, 0.2) is 17.3 Å². The Morgan fingerprint density at radius 3 is 2.35 bits per heavy atom. The van der Waals surface area contributed by atoms with Crippen LogP contribution in [0.3, 0.4) is 0 Å². The van der Waals surface area contributed by atoms with E-state index in [-0.39, 0.29) is 11.7 Å². The summed E-state index contributed by atoms with van der Waals surface area (Å²) < 4.78 is 16.6. The monoisotopic (exact) mass is 552 g/mol. The summed E-state index contributed by atoms with van der Waals surface area (Å²) in [7, 11) is 3.18. The first kappa shape index (κ1) is 25.7. The molecule has 40 heavy (non-hydrogen) atoms. The minimum Gasteiger partial charge on any atom is -0.497 e. The lowest BCUT2D eigenvalue weighted by atomic mass is 9.78. The van der Waals surface area contributed by atoms with Gasteiger partial charge >= 0.3 is 5.97 Å². The molecule has 4 aromatic rings. The molecule has 2 N–H and O–H groups in total. The molecule has 2 heterocycles. The van der Waals surface area contributed by atoms with Crippen LogP contribution >= 0.6 is 11.3 Å². The van der Waals surface area contributed by atoms with Crippen LogP contribution in [0.1, 0.15) is 45.6 Å². The number of allylic oxidation sites excluding steroid dienone is 1. The third-order valence-electron chi connectivity index (χ3n) is 7.34. The van der Waals surface area contributed by atoms with E-state index in [1.165, 1.54) is 18.4 Å². The number of anilines is 2. The molecular formula is C32H28N2O5S. The van der Waals surface area contributed by atoms with Crippen LogP contribution < -0.4 is 24.8 Å². The van der Waals surface area contributed by atoms with Crippen molar-refractivity contribution in [1.82, 2.24) is 0 Å². The lowest BCUT2D eigenvalue weighted by molar-refractivity contribution is -0.116. The second-order valence-corrected chi connectivity index (χ2v) is 10.7. The number of methoxy groups -OCH3 is 2. The van der Waals surface area contributed by atoms with Gasteiger partial charge in [0.1, 0.15) is 10.6 Å². The first-order valence-corrected chi connectivity index (χ1v) is 13.9. The molecule has 0 fully saturated rings. The van der Waals surface area contributed by atoms with E-state index in [2.05, 4.69) is 10.6 Å². The number of esters is 1. The summed E-state index contributed by atoms with van der Waals surface area (Å²) in [5.74, 6) is 1.20. The summed E-state index contributed by atoms with van der Waals surface area (Å²) in [6, 6.07) is 24.4. The van der Waals surface area contributed by atoms with Crippen molar-refractivity contribution in [3.05, 3.63) is 112 Å². The van der Waals surface area contributed by atoms with Gasteiger partial charge in [-0.15, -0.1) is 11.3 Å². The van der Waals surface area contributed by atoms with Crippen molar-refractivity contribution in [2.75, 3.05) is 24.9 Å². The number of para-hydroxylation sites is 2. The topological polar surface area (TPSA) is 85.9 Å². The van der Waals surface area contributed by atoms with E-state index < -0.39 is 12.0 Å². The van der Waals surface area contributed by atoms with E-state index in [1.54, 1.807) is 25.3 Å². The molecule has 1 aliphatic carbocycles. The van der Waals surface area contributed by atoms with Crippen molar-refractivity contribution < 1.29 is 23.8 Å². The van der Waals surface area contributed by atoms with Gasteiger partial charge in [-0.25, -0.2) is 4.79 Å². The fourth-order valence-electron chi connectivity index (χ4n) is 5.35. The predicted molar refractivity (Wildman–Crippen MR) is 156 cm³/mol. The van der Waals surface area contributed by atoms with Crippen LogP contribution in [-0.2, 0) is 4.79 Å². The van der Waals surface area contributed by atoms with Crippen molar-refractivity contribution in [3.8, 4) is 17.2 Å². The maximum atomic E-state index is 13.9. The van der Waals surface area contributed by atoms with Crippen LogP contribution in [0.5, 0.6) is 17.2 Å². The molecule has 6 rings (SSSR count). The first-order chi connectivity index (χ1) is 19.5. The SMILES string of the molecule is COc1ccc(C2CC(=O)C3=C(C2)Nc2ccccc2NC3c2ccc(OC(=O)c3cccs3)c(OC)c2)cc1. The van der Waals surface area contributed by atoms with Crippen LogP contribution in [0.15, 0.2) is 95.5 Å². The molecule has 1 aliphatic heterocycles. The number of fused-ring (bicyclic) bond motifs is 1. The predicted octanol–water partition coefficient (Wildman–Crippen LogP) is 6.96. The van der Waals surface area contributed by atoms with Gasteiger partial charge in [-0.2, -0.15) is 0 Å². The normalized spacial score (nSPS) is 18.0. The zero-order valence-corrected chi connectivity index (χ0v) is 22.9. The molecule has 0 saturated carbocycles. The molecule has 7 nitrogen and oxygen atoms in total. The molecule has 0 bridgehead atoms. The number of thiophene rings is 1. The number of benzene rings is 3. The molecule has 2 atom stereocenters. The summed E-state index contributed by atoms with van der Waals surface area (Å²) in [5.41, 5.74) is 5.33. The van der Waals surface area contributed by atoms with Gasteiger partial charge in [-0.05, 0) is 71.3 Å². The van der Waals surface area contributed by atoms with Crippen molar-refractivity contribution >= 4 is 34.5 Å². The zero-order valence-electron chi connectivity index (χ0n) is 22.1. The zero-order chi connectivity index (χ0) is 27.6. The van der Waals surface area contributed by atoms with Crippen LogP contribution in [0, 0.1) is 0 Å². The fraction of sp³-hybridized carbons (Fsp3) is 0.188. The number of carbonyl (C=O) groups is 2. The Hall–Kier alpha value is -4.56. The second kappa shape index (κ2) is 10.9.